The molecule has 300 valence electrons. The van der Waals surface area contributed by atoms with E-state index in [4.69, 9.17) is 0 Å². The van der Waals surface area contributed by atoms with E-state index in [0.29, 0.717) is 6.42 Å². The van der Waals surface area contributed by atoms with Gasteiger partial charge in [0.05, 0.1) is 18.8 Å². The van der Waals surface area contributed by atoms with Crippen LogP contribution in [-0.2, 0) is 4.79 Å². The highest BCUT2D eigenvalue weighted by Crippen LogP contribution is 2.16. The van der Waals surface area contributed by atoms with E-state index >= 15 is 0 Å². The average Bonchev–Trinajstić information content (AvgIpc) is 3.13. The molecule has 0 aliphatic rings. The fourth-order valence-corrected chi connectivity index (χ4v) is 6.86. The van der Waals surface area contributed by atoms with Crippen LogP contribution in [0.15, 0.2) is 36.5 Å². The molecule has 0 radical (unpaired) electrons. The number of carbonyl (C=O) groups is 1. The van der Waals surface area contributed by atoms with Gasteiger partial charge in [0.25, 0.3) is 0 Å². The summed E-state index contributed by atoms with van der Waals surface area (Å²) >= 11 is 0. The number of allylic oxidation sites excluding steroid dienone is 5. The average molecular weight is 716 g/mol. The van der Waals surface area contributed by atoms with Crippen LogP contribution in [0.3, 0.4) is 0 Å². The summed E-state index contributed by atoms with van der Waals surface area (Å²) in [6.07, 6.45) is 56.9. The molecule has 4 nitrogen and oxygen atoms in total. The Balaban J connectivity index is 3.52. The third kappa shape index (κ3) is 39.6. The SMILES string of the molecule is CCCCCC/C=C/CC/C=C/CC/C=C/C(O)C(CO)NC(=O)CCCCCCCCCCCCCCCCCCCCCCCCCCC. The van der Waals surface area contributed by atoms with Crippen molar-refractivity contribution in [3.05, 3.63) is 36.5 Å². The Morgan fingerprint density at radius 2 is 0.765 bits per heavy atom. The van der Waals surface area contributed by atoms with Crippen molar-refractivity contribution in [2.45, 2.75) is 251 Å². The van der Waals surface area contributed by atoms with Crippen molar-refractivity contribution >= 4 is 5.91 Å². The highest BCUT2D eigenvalue weighted by Gasteiger charge is 2.17. The fourth-order valence-electron chi connectivity index (χ4n) is 6.86. The van der Waals surface area contributed by atoms with Crippen molar-refractivity contribution in [1.82, 2.24) is 5.32 Å². The first-order valence-electron chi connectivity index (χ1n) is 22.7. The molecule has 0 aromatic rings. The Kier molecular flexibility index (Phi) is 41.8. The van der Waals surface area contributed by atoms with Gasteiger partial charge in [-0.2, -0.15) is 0 Å². The van der Waals surface area contributed by atoms with Crippen molar-refractivity contribution < 1.29 is 15.0 Å². The van der Waals surface area contributed by atoms with Crippen molar-refractivity contribution in [2.75, 3.05) is 6.61 Å². The molecule has 0 bridgehead atoms. The van der Waals surface area contributed by atoms with Crippen LogP contribution in [0, 0.1) is 0 Å². The number of rotatable bonds is 41. The van der Waals surface area contributed by atoms with E-state index in [0.717, 1.165) is 38.5 Å². The molecule has 51 heavy (non-hydrogen) atoms. The van der Waals surface area contributed by atoms with E-state index < -0.39 is 12.1 Å². The highest BCUT2D eigenvalue weighted by molar-refractivity contribution is 5.76. The molecule has 2 atom stereocenters. The molecular weight excluding hydrogens is 627 g/mol. The summed E-state index contributed by atoms with van der Waals surface area (Å²) in [5.41, 5.74) is 0. The maximum atomic E-state index is 12.4. The smallest absolute Gasteiger partial charge is 0.220 e. The van der Waals surface area contributed by atoms with Gasteiger partial charge in [-0.05, 0) is 44.9 Å². The summed E-state index contributed by atoms with van der Waals surface area (Å²) in [4.78, 5) is 12.4. The summed E-state index contributed by atoms with van der Waals surface area (Å²) in [7, 11) is 0. The van der Waals surface area contributed by atoms with E-state index in [2.05, 4.69) is 43.5 Å². The second-order valence-electron chi connectivity index (χ2n) is 15.5. The second-order valence-corrected chi connectivity index (χ2v) is 15.5. The largest absolute Gasteiger partial charge is 0.394 e. The van der Waals surface area contributed by atoms with Crippen LogP contribution in [0.1, 0.15) is 239 Å². The van der Waals surface area contributed by atoms with Crippen LogP contribution in [-0.4, -0.2) is 34.9 Å². The van der Waals surface area contributed by atoms with Gasteiger partial charge in [-0.1, -0.05) is 224 Å². The maximum Gasteiger partial charge on any atom is 0.220 e. The minimum Gasteiger partial charge on any atom is -0.394 e. The van der Waals surface area contributed by atoms with Gasteiger partial charge in [0.1, 0.15) is 0 Å². The molecule has 0 rings (SSSR count). The van der Waals surface area contributed by atoms with Gasteiger partial charge in [0.15, 0.2) is 0 Å². The summed E-state index contributed by atoms with van der Waals surface area (Å²) < 4.78 is 0. The van der Waals surface area contributed by atoms with E-state index in [-0.39, 0.29) is 12.5 Å². The summed E-state index contributed by atoms with van der Waals surface area (Å²) in [6.45, 7) is 4.28. The highest BCUT2D eigenvalue weighted by atomic mass is 16.3. The van der Waals surface area contributed by atoms with E-state index in [9.17, 15) is 15.0 Å². The molecule has 2 unspecified atom stereocenters. The second kappa shape index (κ2) is 43.0. The van der Waals surface area contributed by atoms with Crippen LogP contribution in [0.5, 0.6) is 0 Å². The molecular formula is C47H89NO3. The number of carbonyl (C=O) groups excluding carboxylic acids is 1. The Hall–Kier alpha value is -1.39. The van der Waals surface area contributed by atoms with E-state index in [1.807, 2.05) is 6.08 Å². The van der Waals surface area contributed by atoms with Crippen LogP contribution in [0.4, 0.5) is 0 Å². The fraction of sp³-hybridized carbons (Fsp3) is 0.851. The van der Waals surface area contributed by atoms with Crippen LogP contribution in [0.2, 0.25) is 0 Å². The van der Waals surface area contributed by atoms with Crippen molar-refractivity contribution in [3.8, 4) is 0 Å². The number of nitrogens with one attached hydrogen (secondary N) is 1. The molecule has 0 aromatic heterocycles. The summed E-state index contributed by atoms with van der Waals surface area (Å²) in [5, 5.41) is 23.0. The van der Waals surface area contributed by atoms with Gasteiger partial charge in [0, 0.05) is 6.42 Å². The van der Waals surface area contributed by atoms with Gasteiger partial charge < -0.3 is 15.5 Å². The first-order valence-corrected chi connectivity index (χ1v) is 22.7. The quantitative estimate of drug-likeness (QED) is 0.0436. The number of hydrogen-bond donors (Lipinski definition) is 3. The standard InChI is InChI=1S/C47H89NO3/c1-3-5-7-9-11-13-15-17-19-20-21-22-23-24-25-26-27-28-29-31-33-35-37-39-41-43-47(51)48-45(44-49)46(50)42-40-38-36-34-32-30-18-16-14-12-10-8-6-4-2/h14,16,32,34,40,42,45-46,49-50H,3-13,15,17-31,33,35-39,41,43-44H2,1-2H3,(H,48,51)/b16-14+,34-32+,42-40+. The summed E-state index contributed by atoms with van der Waals surface area (Å²) in [5.74, 6) is -0.0754. The van der Waals surface area contributed by atoms with Crippen molar-refractivity contribution in [3.63, 3.8) is 0 Å². The third-order valence-electron chi connectivity index (χ3n) is 10.4. The molecule has 0 aromatic carbocycles. The molecule has 0 saturated carbocycles. The minimum absolute atomic E-state index is 0.0754. The van der Waals surface area contributed by atoms with Gasteiger partial charge in [-0.3, -0.25) is 4.79 Å². The zero-order chi connectivity index (χ0) is 37.1. The van der Waals surface area contributed by atoms with E-state index in [1.165, 1.54) is 180 Å². The molecule has 0 heterocycles. The summed E-state index contributed by atoms with van der Waals surface area (Å²) in [6, 6.07) is -0.641. The van der Waals surface area contributed by atoms with Gasteiger partial charge in [-0.15, -0.1) is 0 Å². The van der Waals surface area contributed by atoms with Gasteiger partial charge in [-0.25, -0.2) is 0 Å². The molecule has 1 amide bonds. The number of aliphatic hydroxyl groups excluding tert-OH is 2. The lowest BCUT2D eigenvalue weighted by molar-refractivity contribution is -0.123. The molecule has 0 saturated heterocycles. The van der Waals surface area contributed by atoms with Crippen LogP contribution >= 0.6 is 0 Å². The first kappa shape index (κ1) is 49.6. The molecule has 0 aliphatic heterocycles. The minimum atomic E-state index is -0.866. The zero-order valence-corrected chi connectivity index (χ0v) is 34.4. The zero-order valence-electron chi connectivity index (χ0n) is 34.4. The Bertz CT molecular complexity index is 775. The van der Waals surface area contributed by atoms with E-state index in [1.54, 1.807) is 6.08 Å². The molecule has 0 fully saturated rings. The van der Waals surface area contributed by atoms with Crippen molar-refractivity contribution in [1.29, 1.82) is 0 Å². The molecule has 3 N–H and O–H groups in total. The predicted octanol–water partition coefficient (Wildman–Crippen LogP) is 14.2. The number of hydrogen-bond acceptors (Lipinski definition) is 3. The topological polar surface area (TPSA) is 69.6 Å². The van der Waals surface area contributed by atoms with Crippen LogP contribution in [0.25, 0.3) is 0 Å². The van der Waals surface area contributed by atoms with Gasteiger partial charge in [0.2, 0.25) is 5.91 Å². The monoisotopic (exact) mass is 716 g/mol. The van der Waals surface area contributed by atoms with Crippen molar-refractivity contribution in [2.24, 2.45) is 0 Å². The van der Waals surface area contributed by atoms with Gasteiger partial charge >= 0.3 is 0 Å². The molecule has 4 heteroatoms. The lowest BCUT2D eigenvalue weighted by Crippen LogP contribution is -2.45. The number of unbranched alkanes of at least 4 members (excludes halogenated alkanes) is 30. The number of amides is 1. The Labute approximate surface area is 319 Å². The molecule has 0 aliphatic carbocycles. The Morgan fingerprint density at radius 3 is 1.14 bits per heavy atom. The Morgan fingerprint density at radius 1 is 0.451 bits per heavy atom. The predicted molar refractivity (Wildman–Crippen MR) is 225 cm³/mol. The maximum absolute atomic E-state index is 12.4. The van der Waals surface area contributed by atoms with Crippen LogP contribution < -0.4 is 5.32 Å². The lowest BCUT2D eigenvalue weighted by atomic mass is 10.0. The normalized spacial score (nSPS) is 13.3. The third-order valence-corrected chi connectivity index (χ3v) is 10.4. The number of aliphatic hydroxyl groups is 2. The molecule has 0 spiro atoms. The first-order chi connectivity index (χ1) is 25.2. The lowest BCUT2D eigenvalue weighted by Gasteiger charge is -2.19.